The van der Waals surface area contributed by atoms with Crippen molar-refractivity contribution in [1.29, 1.82) is 0 Å². The van der Waals surface area contributed by atoms with Crippen molar-refractivity contribution in [3.05, 3.63) is 18.0 Å². The van der Waals surface area contributed by atoms with E-state index in [1.807, 2.05) is 0 Å². The number of ether oxygens (including phenoxy) is 1. The smallest absolute Gasteiger partial charge is 0.389 e. The summed E-state index contributed by atoms with van der Waals surface area (Å²) in [4.78, 5) is 0. The minimum atomic E-state index is -4.40. The van der Waals surface area contributed by atoms with Gasteiger partial charge in [-0.1, -0.05) is 0 Å². The van der Waals surface area contributed by atoms with Gasteiger partial charge >= 0.3 is 6.18 Å². The van der Waals surface area contributed by atoms with Crippen molar-refractivity contribution in [2.24, 2.45) is 0 Å². The normalized spacial score (nSPS) is 14.1. The Kier molecular flexibility index (Phi) is 4.31. The average molecular weight is 238 g/mol. The lowest BCUT2D eigenvalue weighted by atomic mass is 10.3. The van der Waals surface area contributed by atoms with Crippen molar-refractivity contribution in [3.63, 3.8) is 0 Å². The zero-order valence-electron chi connectivity index (χ0n) is 8.74. The molecule has 1 N–H and O–H groups in total. The molecule has 0 saturated heterocycles. The molecule has 0 aliphatic heterocycles. The fourth-order valence-corrected chi connectivity index (χ4v) is 1.13. The van der Waals surface area contributed by atoms with Crippen molar-refractivity contribution in [1.82, 2.24) is 9.78 Å². The molecule has 0 aliphatic carbocycles. The Bertz CT molecular complexity index is 325. The highest BCUT2D eigenvalue weighted by atomic mass is 19.4. The second kappa shape index (κ2) is 5.31. The van der Waals surface area contributed by atoms with Crippen LogP contribution in [0.15, 0.2) is 12.4 Å². The Morgan fingerprint density at radius 3 is 2.75 bits per heavy atom. The zero-order chi connectivity index (χ0) is 12.2. The SMILES string of the molecule is CCOCC(O)Cn1cc(C(F)(F)F)cn1. The molecule has 1 rings (SSSR count). The molecule has 1 atom stereocenters. The third-order valence-electron chi connectivity index (χ3n) is 1.87. The van der Waals surface area contributed by atoms with Gasteiger partial charge in [-0.05, 0) is 6.92 Å². The first kappa shape index (κ1) is 13.0. The van der Waals surface area contributed by atoms with Gasteiger partial charge in [0.15, 0.2) is 0 Å². The van der Waals surface area contributed by atoms with E-state index in [1.165, 1.54) is 0 Å². The van der Waals surface area contributed by atoms with Crippen LogP contribution in [0.5, 0.6) is 0 Å². The Labute approximate surface area is 90.6 Å². The van der Waals surface area contributed by atoms with E-state index >= 15 is 0 Å². The van der Waals surface area contributed by atoms with Gasteiger partial charge < -0.3 is 9.84 Å². The van der Waals surface area contributed by atoms with E-state index in [4.69, 9.17) is 4.74 Å². The minimum absolute atomic E-state index is 0.0178. The monoisotopic (exact) mass is 238 g/mol. The summed E-state index contributed by atoms with van der Waals surface area (Å²) in [5, 5.41) is 12.9. The van der Waals surface area contributed by atoms with E-state index in [2.05, 4.69) is 5.10 Å². The summed E-state index contributed by atoms with van der Waals surface area (Å²) >= 11 is 0. The van der Waals surface area contributed by atoms with Gasteiger partial charge in [-0.15, -0.1) is 0 Å². The molecule has 1 unspecified atom stereocenters. The van der Waals surface area contributed by atoms with Crippen LogP contribution in [0, 0.1) is 0 Å². The van der Waals surface area contributed by atoms with Gasteiger partial charge in [-0.25, -0.2) is 0 Å². The van der Waals surface area contributed by atoms with Crippen LogP contribution >= 0.6 is 0 Å². The van der Waals surface area contributed by atoms with Crippen LogP contribution in [0.3, 0.4) is 0 Å². The maximum Gasteiger partial charge on any atom is 0.419 e. The number of aromatic nitrogens is 2. The largest absolute Gasteiger partial charge is 0.419 e. The van der Waals surface area contributed by atoms with Gasteiger partial charge in [-0.3, -0.25) is 4.68 Å². The van der Waals surface area contributed by atoms with E-state index in [-0.39, 0.29) is 13.2 Å². The van der Waals surface area contributed by atoms with Crippen LogP contribution in [-0.4, -0.2) is 34.2 Å². The second-order valence-corrected chi connectivity index (χ2v) is 3.26. The summed E-state index contributed by atoms with van der Waals surface area (Å²) in [5.74, 6) is 0. The van der Waals surface area contributed by atoms with Crippen molar-refractivity contribution >= 4 is 0 Å². The van der Waals surface area contributed by atoms with Gasteiger partial charge in [0.25, 0.3) is 0 Å². The summed E-state index contributed by atoms with van der Waals surface area (Å²) in [5.41, 5.74) is -0.823. The molecule has 0 aliphatic rings. The lowest BCUT2D eigenvalue weighted by Crippen LogP contribution is -2.22. The molecule has 0 saturated carbocycles. The fraction of sp³-hybridized carbons (Fsp3) is 0.667. The Balaban J connectivity index is 2.52. The molecule has 1 aromatic rings. The van der Waals surface area contributed by atoms with Crippen LogP contribution in [0.4, 0.5) is 13.2 Å². The van der Waals surface area contributed by atoms with E-state index in [0.717, 1.165) is 17.1 Å². The van der Waals surface area contributed by atoms with Crippen LogP contribution in [0.2, 0.25) is 0 Å². The molecule has 16 heavy (non-hydrogen) atoms. The molecule has 0 spiro atoms. The molecule has 4 nitrogen and oxygen atoms in total. The number of aliphatic hydroxyl groups is 1. The summed E-state index contributed by atoms with van der Waals surface area (Å²) < 4.78 is 42.6. The molecule has 0 amide bonds. The molecule has 92 valence electrons. The quantitative estimate of drug-likeness (QED) is 0.841. The summed E-state index contributed by atoms with van der Waals surface area (Å²) in [6, 6.07) is 0. The maximum absolute atomic E-state index is 12.2. The van der Waals surface area contributed by atoms with Gasteiger partial charge in [0.05, 0.1) is 31.0 Å². The average Bonchev–Trinajstić information content (AvgIpc) is 2.62. The zero-order valence-corrected chi connectivity index (χ0v) is 8.74. The summed E-state index contributed by atoms with van der Waals surface area (Å²) in [6.07, 6.45) is -3.67. The van der Waals surface area contributed by atoms with Crippen LogP contribution in [-0.2, 0) is 17.5 Å². The Hall–Kier alpha value is -1.08. The highest BCUT2D eigenvalue weighted by Crippen LogP contribution is 2.28. The third-order valence-corrected chi connectivity index (χ3v) is 1.87. The van der Waals surface area contributed by atoms with Gasteiger partial charge in [0.1, 0.15) is 0 Å². The highest BCUT2D eigenvalue weighted by Gasteiger charge is 2.32. The van der Waals surface area contributed by atoms with Crippen molar-refractivity contribution in [2.75, 3.05) is 13.2 Å². The van der Waals surface area contributed by atoms with Gasteiger partial charge in [0.2, 0.25) is 0 Å². The van der Waals surface area contributed by atoms with Crippen LogP contribution in [0.25, 0.3) is 0 Å². The Morgan fingerprint density at radius 1 is 1.56 bits per heavy atom. The maximum atomic E-state index is 12.2. The lowest BCUT2D eigenvalue weighted by Gasteiger charge is -2.10. The van der Waals surface area contributed by atoms with Crippen molar-refractivity contribution in [2.45, 2.75) is 25.7 Å². The van der Waals surface area contributed by atoms with E-state index in [9.17, 15) is 18.3 Å². The molecule has 0 aromatic carbocycles. The third kappa shape index (κ3) is 3.82. The van der Waals surface area contributed by atoms with Gasteiger partial charge in [0, 0.05) is 12.8 Å². The molecule has 7 heteroatoms. The molecular weight excluding hydrogens is 225 g/mol. The Morgan fingerprint density at radius 2 is 2.25 bits per heavy atom. The fourth-order valence-electron chi connectivity index (χ4n) is 1.13. The number of aliphatic hydroxyl groups excluding tert-OH is 1. The van der Waals surface area contributed by atoms with Crippen LogP contribution in [0.1, 0.15) is 12.5 Å². The molecular formula is C9H13F3N2O2. The molecule has 0 radical (unpaired) electrons. The van der Waals surface area contributed by atoms with Gasteiger partial charge in [-0.2, -0.15) is 18.3 Å². The molecule has 0 fully saturated rings. The standard InChI is InChI=1S/C9H13F3N2O2/c1-2-16-6-8(15)5-14-4-7(3-13-14)9(10,11)12/h3-4,8,15H,2,5-6H2,1H3. The summed E-state index contributed by atoms with van der Waals surface area (Å²) in [6.45, 7) is 2.28. The number of nitrogens with zero attached hydrogens (tertiary/aromatic N) is 2. The van der Waals surface area contributed by atoms with Crippen molar-refractivity contribution < 1.29 is 23.0 Å². The van der Waals surface area contributed by atoms with E-state index < -0.39 is 17.8 Å². The molecule has 1 aromatic heterocycles. The molecule has 0 bridgehead atoms. The first-order valence-electron chi connectivity index (χ1n) is 4.79. The van der Waals surface area contributed by atoms with Crippen molar-refractivity contribution in [3.8, 4) is 0 Å². The number of hydrogen-bond donors (Lipinski definition) is 1. The number of rotatable bonds is 5. The minimum Gasteiger partial charge on any atom is -0.389 e. The van der Waals surface area contributed by atoms with Crippen LogP contribution < -0.4 is 0 Å². The number of alkyl halides is 3. The predicted molar refractivity (Wildman–Crippen MR) is 49.7 cm³/mol. The van der Waals surface area contributed by atoms with E-state index in [1.54, 1.807) is 6.92 Å². The first-order valence-corrected chi connectivity index (χ1v) is 4.79. The number of hydrogen-bond acceptors (Lipinski definition) is 3. The topological polar surface area (TPSA) is 47.3 Å². The first-order chi connectivity index (χ1) is 7.43. The predicted octanol–water partition coefficient (Wildman–Crippen LogP) is 1.30. The lowest BCUT2D eigenvalue weighted by molar-refractivity contribution is -0.137. The second-order valence-electron chi connectivity index (χ2n) is 3.26. The van der Waals surface area contributed by atoms with E-state index in [0.29, 0.717) is 6.61 Å². The number of halogens is 3. The highest BCUT2D eigenvalue weighted by molar-refractivity contribution is 5.08. The summed E-state index contributed by atoms with van der Waals surface area (Å²) in [7, 11) is 0. The molecule has 1 heterocycles.